The molecule has 0 bridgehead atoms. The number of carbonyl (C=O) groups is 1. The molecule has 0 unspecified atom stereocenters. The molecule has 1 aromatic carbocycles. The predicted molar refractivity (Wildman–Crippen MR) is 111 cm³/mol. The third-order valence-electron chi connectivity index (χ3n) is 5.27. The van der Waals surface area contributed by atoms with Gasteiger partial charge in [0.1, 0.15) is 9.71 Å². The Morgan fingerprint density at radius 2 is 1.93 bits per heavy atom. The van der Waals surface area contributed by atoms with Crippen molar-refractivity contribution in [1.29, 1.82) is 0 Å². The Morgan fingerprint density at radius 3 is 2.63 bits per heavy atom. The van der Waals surface area contributed by atoms with Crippen molar-refractivity contribution in [1.82, 2.24) is 4.98 Å². The number of pyridine rings is 1. The van der Waals surface area contributed by atoms with E-state index in [9.17, 15) is 4.79 Å². The number of nitrogens with two attached hydrogens (primary N) is 1. The van der Waals surface area contributed by atoms with E-state index in [0.717, 1.165) is 59.1 Å². The first-order valence-electron chi connectivity index (χ1n) is 9.64. The quantitative estimate of drug-likeness (QED) is 0.635. The van der Waals surface area contributed by atoms with Crippen molar-refractivity contribution in [2.24, 2.45) is 0 Å². The van der Waals surface area contributed by atoms with Gasteiger partial charge < -0.3 is 10.5 Å². The Hall–Kier alpha value is -2.40. The van der Waals surface area contributed by atoms with Crippen molar-refractivity contribution >= 4 is 33.2 Å². The van der Waals surface area contributed by atoms with Crippen LogP contribution >= 0.6 is 11.3 Å². The monoisotopic (exact) mass is 380 g/mol. The van der Waals surface area contributed by atoms with Crippen LogP contribution in [0.25, 0.3) is 21.3 Å². The molecule has 3 aromatic rings. The highest BCUT2D eigenvalue weighted by Crippen LogP contribution is 2.44. The Labute approximate surface area is 163 Å². The van der Waals surface area contributed by atoms with Crippen LogP contribution in [0.4, 0.5) is 5.69 Å². The number of benzene rings is 1. The van der Waals surface area contributed by atoms with Gasteiger partial charge in [0.25, 0.3) is 0 Å². The summed E-state index contributed by atoms with van der Waals surface area (Å²) in [5, 5.41) is 0.910. The fourth-order valence-corrected chi connectivity index (χ4v) is 4.90. The normalized spacial score (nSPS) is 13.6. The maximum absolute atomic E-state index is 12.4. The van der Waals surface area contributed by atoms with Crippen molar-refractivity contribution in [3.63, 3.8) is 0 Å². The fraction of sp³-hybridized carbons (Fsp3) is 0.364. The van der Waals surface area contributed by atoms with E-state index in [1.54, 1.807) is 6.92 Å². The average molecular weight is 381 g/mol. The molecule has 0 radical (unpaired) electrons. The minimum absolute atomic E-state index is 0.335. The van der Waals surface area contributed by atoms with Gasteiger partial charge in [0, 0.05) is 11.1 Å². The lowest BCUT2D eigenvalue weighted by Crippen LogP contribution is -2.08. The first-order chi connectivity index (χ1) is 13.1. The molecule has 0 atom stereocenters. The number of hydrogen-bond acceptors (Lipinski definition) is 5. The Kier molecular flexibility index (Phi) is 4.87. The topological polar surface area (TPSA) is 65.2 Å². The molecule has 0 saturated heterocycles. The third kappa shape index (κ3) is 3.10. The molecular formula is C22H24N2O2S. The van der Waals surface area contributed by atoms with Crippen LogP contribution in [-0.4, -0.2) is 17.6 Å². The second kappa shape index (κ2) is 7.31. The molecule has 0 saturated carbocycles. The first-order valence-corrected chi connectivity index (χ1v) is 10.5. The van der Waals surface area contributed by atoms with Crippen molar-refractivity contribution < 1.29 is 9.53 Å². The number of aryl methyl sites for hydroxylation is 2. The van der Waals surface area contributed by atoms with E-state index in [1.165, 1.54) is 22.5 Å². The van der Waals surface area contributed by atoms with E-state index < -0.39 is 0 Å². The van der Waals surface area contributed by atoms with E-state index in [4.69, 9.17) is 15.5 Å². The van der Waals surface area contributed by atoms with Gasteiger partial charge in [-0.1, -0.05) is 31.2 Å². The summed E-state index contributed by atoms with van der Waals surface area (Å²) in [5.74, 6) is -0.358. The van der Waals surface area contributed by atoms with Gasteiger partial charge in [-0.15, -0.1) is 11.3 Å². The van der Waals surface area contributed by atoms with Crippen molar-refractivity contribution in [3.8, 4) is 11.1 Å². The zero-order valence-corrected chi connectivity index (χ0v) is 16.6. The molecule has 4 nitrogen and oxygen atoms in total. The lowest BCUT2D eigenvalue weighted by atomic mass is 9.87. The molecule has 1 aliphatic carbocycles. The van der Waals surface area contributed by atoms with Gasteiger partial charge in [-0.2, -0.15) is 0 Å². The second-order valence-electron chi connectivity index (χ2n) is 6.92. The van der Waals surface area contributed by atoms with Gasteiger partial charge in [-0.25, -0.2) is 9.78 Å². The Bertz CT molecular complexity index is 1010. The number of fused-ring (bicyclic) bond motifs is 2. The Balaban J connectivity index is 1.99. The maximum atomic E-state index is 12.4. The number of rotatable bonds is 4. The Morgan fingerprint density at radius 1 is 1.19 bits per heavy atom. The summed E-state index contributed by atoms with van der Waals surface area (Å²) in [4.78, 5) is 18.6. The van der Waals surface area contributed by atoms with E-state index >= 15 is 0 Å². The summed E-state index contributed by atoms with van der Waals surface area (Å²) in [7, 11) is 0. The van der Waals surface area contributed by atoms with Crippen LogP contribution < -0.4 is 5.73 Å². The van der Waals surface area contributed by atoms with Crippen LogP contribution in [0, 0.1) is 0 Å². The summed E-state index contributed by atoms with van der Waals surface area (Å²) >= 11 is 1.35. The molecule has 4 rings (SSSR count). The number of carbonyl (C=O) groups excluding carboxylic acids is 1. The van der Waals surface area contributed by atoms with Crippen LogP contribution in [0.1, 0.15) is 53.2 Å². The summed E-state index contributed by atoms with van der Waals surface area (Å²) in [6.45, 7) is 4.30. The molecule has 2 heterocycles. The highest BCUT2D eigenvalue weighted by Gasteiger charge is 2.26. The zero-order chi connectivity index (χ0) is 19.0. The van der Waals surface area contributed by atoms with Gasteiger partial charge >= 0.3 is 5.97 Å². The average Bonchev–Trinajstić information content (AvgIpc) is 3.03. The standard InChI is InChI=1S/C22H24N2O2S/c1-3-13-9-11-14(12-10-13)17-15-7-5-6-8-16(15)24-21-18(17)19(23)20(27-21)22(25)26-4-2/h9-12H,3-8,23H2,1-2H3. The number of thiophene rings is 1. The van der Waals surface area contributed by atoms with Crippen molar-refractivity contribution in [3.05, 3.63) is 46.0 Å². The zero-order valence-electron chi connectivity index (χ0n) is 15.8. The number of nitrogens with zero attached hydrogens (tertiary/aromatic N) is 1. The molecule has 0 aliphatic heterocycles. The third-order valence-corrected chi connectivity index (χ3v) is 6.34. The van der Waals surface area contributed by atoms with Crippen LogP contribution in [0.2, 0.25) is 0 Å². The molecule has 0 fully saturated rings. The number of anilines is 1. The molecule has 140 valence electrons. The van der Waals surface area contributed by atoms with Gasteiger partial charge in [0.2, 0.25) is 0 Å². The lowest BCUT2D eigenvalue weighted by molar-refractivity contribution is 0.0533. The molecule has 0 amide bonds. The highest BCUT2D eigenvalue weighted by atomic mass is 32.1. The van der Waals surface area contributed by atoms with E-state index in [2.05, 4.69) is 31.2 Å². The van der Waals surface area contributed by atoms with E-state index in [1.807, 2.05) is 0 Å². The summed E-state index contributed by atoms with van der Waals surface area (Å²) < 4.78 is 5.20. The van der Waals surface area contributed by atoms with Gasteiger partial charge in [0.05, 0.1) is 12.3 Å². The number of aromatic nitrogens is 1. The molecule has 5 heteroatoms. The highest BCUT2D eigenvalue weighted by molar-refractivity contribution is 7.21. The second-order valence-corrected chi connectivity index (χ2v) is 7.91. The number of hydrogen-bond donors (Lipinski definition) is 1. The van der Waals surface area contributed by atoms with E-state index in [-0.39, 0.29) is 5.97 Å². The van der Waals surface area contributed by atoms with Crippen LogP contribution in [0.15, 0.2) is 24.3 Å². The predicted octanol–water partition coefficient (Wildman–Crippen LogP) is 5.16. The smallest absolute Gasteiger partial charge is 0.350 e. The fourth-order valence-electron chi connectivity index (χ4n) is 3.88. The summed E-state index contributed by atoms with van der Waals surface area (Å²) in [6.07, 6.45) is 5.32. The summed E-state index contributed by atoms with van der Waals surface area (Å²) in [6, 6.07) is 8.69. The number of ether oxygens (including phenoxy) is 1. The summed E-state index contributed by atoms with van der Waals surface area (Å²) in [5.41, 5.74) is 13.0. The number of esters is 1. The molecule has 2 aromatic heterocycles. The number of nitrogen functional groups attached to an aromatic ring is 1. The largest absolute Gasteiger partial charge is 0.462 e. The van der Waals surface area contributed by atoms with Gasteiger partial charge in [-0.05, 0) is 61.3 Å². The van der Waals surface area contributed by atoms with Crippen LogP contribution in [0.3, 0.4) is 0 Å². The first kappa shape index (κ1) is 18.0. The van der Waals surface area contributed by atoms with Crippen molar-refractivity contribution in [2.75, 3.05) is 12.3 Å². The molecule has 2 N–H and O–H groups in total. The van der Waals surface area contributed by atoms with Crippen LogP contribution in [-0.2, 0) is 24.0 Å². The van der Waals surface area contributed by atoms with Gasteiger partial charge in [0.15, 0.2) is 0 Å². The SMILES string of the molecule is CCOC(=O)c1sc2nc3c(c(-c4ccc(CC)cc4)c2c1N)CCCC3. The molecule has 27 heavy (non-hydrogen) atoms. The molecular weight excluding hydrogens is 356 g/mol. The van der Waals surface area contributed by atoms with Crippen LogP contribution in [0.5, 0.6) is 0 Å². The van der Waals surface area contributed by atoms with Gasteiger partial charge in [-0.3, -0.25) is 0 Å². The minimum Gasteiger partial charge on any atom is -0.462 e. The lowest BCUT2D eigenvalue weighted by Gasteiger charge is -2.20. The van der Waals surface area contributed by atoms with E-state index in [0.29, 0.717) is 17.2 Å². The minimum atomic E-state index is -0.358. The molecule has 1 aliphatic rings. The maximum Gasteiger partial charge on any atom is 0.350 e. The van der Waals surface area contributed by atoms with Crippen molar-refractivity contribution in [2.45, 2.75) is 46.0 Å². The molecule has 0 spiro atoms.